The monoisotopic (exact) mass is 271 g/mol. The number of hydrogen-bond acceptors (Lipinski definition) is 2. The van der Waals surface area contributed by atoms with Crippen molar-refractivity contribution >= 4 is 17.0 Å². The molecule has 4 fully saturated rings. The molecule has 4 aliphatic carbocycles. The van der Waals surface area contributed by atoms with Crippen LogP contribution in [-0.2, 0) is 15.9 Å². The van der Waals surface area contributed by atoms with E-state index < -0.39 is 11.1 Å². The Morgan fingerprint density at radius 2 is 1.67 bits per heavy atom. The molecule has 0 radical (unpaired) electrons. The lowest BCUT2D eigenvalue weighted by molar-refractivity contribution is -0.120. The zero-order chi connectivity index (χ0) is 12.8. The summed E-state index contributed by atoms with van der Waals surface area (Å²) >= 11 is -2.02. The first-order chi connectivity index (χ1) is 8.55. The van der Waals surface area contributed by atoms with Crippen LogP contribution in [0.3, 0.4) is 0 Å². The Kier molecular flexibility index (Phi) is 3.22. The van der Waals surface area contributed by atoms with Crippen LogP contribution in [0, 0.1) is 23.2 Å². The van der Waals surface area contributed by atoms with E-state index in [0.717, 1.165) is 17.8 Å². The molecule has 1 amide bonds. The molecule has 4 bridgehead atoms. The molecule has 5 heteroatoms. The average molecular weight is 271 g/mol. The molecule has 18 heavy (non-hydrogen) atoms. The van der Waals surface area contributed by atoms with Gasteiger partial charge in [0, 0.05) is 6.54 Å². The van der Waals surface area contributed by atoms with Crippen LogP contribution in [0.2, 0.25) is 0 Å². The second-order valence-electron chi connectivity index (χ2n) is 6.66. The van der Waals surface area contributed by atoms with Crippen molar-refractivity contribution in [2.75, 3.05) is 12.3 Å². The molecular weight excluding hydrogens is 250 g/mol. The van der Waals surface area contributed by atoms with Crippen LogP contribution in [0.25, 0.3) is 0 Å². The van der Waals surface area contributed by atoms with E-state index in [-0.39, 0.29) is 11.7 Å². The van der Waals surface area contributed by atoms with Crippen molar-refractivity contribution in [3.63, 3.8) is 0 Å². The highest BCUT2D eigenvalue weighted by Gasteiger charge is 2.50. The summed E-state index contributed by atoms with van der Waals surface area (Å²) in [4.78, 5) is 11.5. The highest BCUT2D eigenvalue weighted by Crippen LogP contribution is 2.59. The van der Waals surface area contributed by atoms with Gasteiger partial charge in [-0.05, 0) is 61.7 Å². The summed E-state index contributed by atoms with van der Waals surface area (Å²) in [5, 5.41) is 2.88. The SMILES string of the molecule is O=C(CS(=O)O)NCC12CC3CC(CC(C3)C1)C2. The van der Waals surface area contributed by atoms with Gasteiger partial charge >= 0.3 is 0 Å². The number of rotatable bonds is 4. The van der Waals surface area contributed by atoms with Gasteiger partial charge in [0.2, 0.25) is 5.91 Å². The van der Waals surface area contributed by atoms with Crippen LogP contribution < -0.4 is 5.32 Å². The summed E-state index contributed by atoms with van der Waals surface area (Å²) < 4.78 is 19.3. The third-order valence-electron chi connectivity index (χ3n) is 5.08. The van der Waals surface area contributed by atoms with E-state index in [1.807, 2.05) is 0 Å². The lowest BCUT2D eigenvalue weighted by Crippen LogP contribution is -2.51. The van der Waals surface area contributed by atoms with E-state index in [0.29, 0.717) is 12.0 Å². The van der Waals surface area contributed by atoms with Crippen LogP contribution >= 0.6 is 0 Å². The highest BCUT2D eigenvalue weighted by atomic mass is 32.2. The van der Waals surface area contributed by atoms with E-state index >= 15 is 0 Å². The Bertz CT molecular complexity index is 347. The third kappa shape index (κ3) is 2.48. The molecule has 4 saturated carbocycles. The number of carbonyl (C=O) groups is 1. The fourth-order valence-corrected chi connectivity index (χ4v) is 5.28. The van der Waals surface area contributed by atoms with Gasteiger partial charge in [-0.15, -0.1) is 0 Å². The molecule has 4 rings (SSSR count). The van der Waals surface area contributed by atoms with Crippen molar-refractivity contribution in [1.29, 1.82) is 0 Å². The quantitative estimate of drug-likeness (QED) is 0.762. The third-order valence-corrected chi connectivity index (χ3v) is 5.59. The van der Waals surface area contributed by atoms with Crippen molar-refractivity contribution in [2.24, 2.45) is 23.2 Å². The Morgan fingerprint density at radius 1 is 1.17 bits per heavy atom. The van der Waals surface area contributed by atoms with Gasteiger partial charge in [-0.25, -0.2) is 4.21 Å². The fourth-order valence-electron chi connectivity index (χ4n) is 4.96. The highest BCUT2D eigenvalue weighted by molar-refractivity contribution is 7.80. The summed E-state index contributed by atoms with van der Waals surface area (Å²) in [6.45, 7) is 0.715. The van der Waals surface area contributed by atoms with Crippen molar-refractivity contribution in [3.05, 3.63) is 0 Å². The first kappa shape index (κ1) is 12.6. The summed E-state index contributed by atoms with van der Waals surface area (Å²) in [5.74, 6) is 2.05. The molecule has 0 aromatic heterocycles. The molecule has 102 valence electrons. The Hall–Kier alpha value is -0.420. The number of carbonyl (C=O) groups excluding carboxylic acids is 1. The van der Waals surface area contributed by atoms with E-state index in [1.165, 1.54) is 38.5 Å². The molecule has 0 aliphatic heterocycles. The number of nitrogens with one attached hydrogen (secondary N) is 1. The van der Waals surface area contributed by atoms with E-state index in [9.17, 15) is 9.00 Å². The van der Waals surface area contributed by atoms with E-state index in [2.05, 4.69) is 5.32 Å². The van der Waals surface area contributed by atoms with Crippen LogP contribution in [0.5, 0.6) is 0 Å². The number of amides is 1. The van der Waals surface area contributed by atoms with Gasteiger partial charge < -0.3 is 9.87 Å². The Balaban J connectivity index is 1.59. The van der Waals surface area contributed by atoms with Gasteiger partial charge in [-0.3, -0.25) is 4.79 Å². The standard InChI is InChI=1S/C13H21NO3S/c15-12(7-18(16)17)14-8-13-4-9-1-10(5-13)3-11(2-9)6-13/h9-11H,1-8H2,(H,14,15)(H,16,17). The second kappa shape index (κ2) is 4.60. The number of hydrogen-bond donors (Lipinski definition) is 2. The van der Waals surface area contributed by atoms with Crippen LogP contribution in [-0.4, -0.2) is 27.0 Å². The molecule has 0 spiro atoms. The minimum atomic E-state index is -2.02. The summed E-state index contributed by atoms with van der Waals surface area (Å²) in [7, 11) is 0. The zero-order valence-electron chi connectivity index (χ0n) is 10.6. The minimum Gasteiger partial charge on any atom is -0.355 e. The van der Waals surface area contributed by atoms with Gasteiger partial charge in [0.1, 0.15) is 5.75 Å². The van der Waals surface area contributed by atoms with Crippen LogP contribution in [0.15, 0.2) is 0 Å². The first-order valence-electron chi connectivity index (χ1n) is 6.89. The van der Waals surface area contributed by atoms with Gasteiger partial charge in [0.05, 0.1) is 0 Å². The molecule has 1 atom stereocenters. The van der Waals surface area contributed by atoms with Gasteiger partial charge in [0.25, 0.3) is 0 Å². The topological polar surface area (TPSA) is 66.4 Å². The maximum atomic E-state index is 11.5. The summed E-state index contributed by atoms with van der Waals surface area (Å²) in [6, 6.07) is 0. The molecule has 2 N–H and O–H groups in total. The van der Waals surface area contributed by atoms with Gasteiger partial charge in [-0.1, -0.05) is 0 Å². The molecule has 4 aliphatic rings. The normalized spacial score (nSPS) is 42.8. The van der Waals surface area contributed by atoms with Crippen molar-refractivity contribution in [1.82, 2.24) is 5.32 Å². The molecule has 1 unspecified atom stereocenters. The maximum Gasteiger partial charge on any atom is 0.235 e. The second-order valence-corrected chi connectivity index (χ2v) is 7.59. The average Bonchev–Trinajstić information content (AvgIpc) is 2.23. The fraction of sp³-hybridized carbons (Fsp3) is 0.923. The zero-order valence-corrected chi connectivity index (χ0v) is 11.4. The van der Waals surface area contributed by atoms with Gasteiger partial charge in [-0.2, -0.15) is 0 Å². The Morgan fingerprint density at radius 3 is 2.11 bits per heavy atom. The van der Waals surface area contributed by atoms with Crippen molar-refractivity contribution in [3.8, 4) is 0 Å². The summed E-state index contributed by atoms with van der Waals surface area (Å²) in [5.41, 5.74) is 0.307. The lowest BCUT2D eigenvalue weighted by Gasteiger charge is -2.56. The maximum absolute atomic E-state index is 11.5. The lowest BCUT2D eigenvalue weighted by atomic mass is 9.49. The van der Waals surface area contributed by atoms with E-state index in [4.69, 9.17) is 4.55 Å². The molecule has 0 heterocycles. The molecule has 0 aromatic rings. The molecule has 4 nitrogen and oxygen atoms in total. The van der Waals surface area contributed by atoms with Crippen molar-refractivity contribution < 1.29 is 13.6 Å². The first-order valence-corrected chi connectivity index (χ1v) is 8.16. The van der Waals surface area contributed by atoms with Crippen LogP contribution in [0.4, 0.5) is 0 Å². The van der Waals surface area contributed by atoms with Crippen molar-refractivity contribution in [2.45, 2.75) is 38.5 Å². The molecular formula is C13H21NO3S. The predicted octanol–water partition coefficient (Wildman–Crippen LogP) is 1.54. The summed E-state index contributed by atoms with van der Waals surface area (Å²) in [6.07, 6.45) is 7.94. The van der Waals surface area contributed by atoms with Gasteiger partial charge in [0.15, 0.2) is 11.1 Å². The van der Waals surface area contributed by atoms with E-state index in [1.54, 1.807) is 0 Å². The smallest absolute Gasteiger partial charge is 0.235 e. The Labute approximate surface area is 110 Å². The predicted molar refractivity (Wildman–Crippen MR) is 69.3 cm³/mol. The molecule has 0 saturated heterocycles. The van der Waals surface area contributed by atoms with Crippen LogP contribution in [0.1, 0.15) is 38.5 Å². The minimum absolute atomic E-state index is 0.285. The molecule has 0 aromatic carbocycles. The largest absolute Gasteiger partial charge is 0.355 e.